The molecule has 6 nitrogen and oxygen atoms in total. The van der Waals surface area contributed by atoms with Crippen LogP contribution in [0.15, 0.2) is 58.2 Å². The first-order chi connectivity index (χ1) is 13.7. The summed E-state index contributed by atoms with van der Waals surface area (Å²) >= 11 is 4.59. The number of H-pyrrole nitrogens is 1. The number of halogens is 4. The van der Waals surface area contributed by atoms with Crippen molar-refractivity contribution in [1.82, 2.24) is 15.2 Å². The molecule has 2 N–H and O–H groups in total. The second-order valence-corrected chi connectivity index (χ2v) is 7.93. The molecule has 1 atom stereocenters. The molecule has 29 heavy (non-hydrogen) atoms. The first-order valence-electron chi connectivity index (χ1n) is 8.22. The molecular weight excluding hydrogens is 473 g/mol. The van der Waals surface area contributed by atoms with E-state index in [1.807, 2.05) is 24.3 Å². The Bertz CT molecular complexity index is 995. The molecule has 3 aromatic rings. The Morgan fingerprint density at radius 3 is 2.55 bits per heavy atom. The third-order valence-electron chi connectivity index (χ3n) is 3.60. The zero-order valence-corrected chi connectivity index (χ0v) is 17.2. The normalized spacial score (nSPS) is 12.4. The molecule has 0 aliphatic heterocycles. The Kier molecular flexibility index (Phi) is 6.48. The summed E-state index contributed by atoms with van der Waals surface area (Å²) in [5.74, 6) is -0.141. The van der Waals surface area contributed by atoms with E-state index in [2.05, 4.69) is 41.2 Å². The molecule has 1 amide bonds. The van der Waals surface area contributed by atoms with Crippen LogP contribution in [0, 0.1) is 0 Å². The van der Waals surface area contributed by atoms with Crippen LogP contribution in [0.3, 0.4) is 0 Å². The second kappa shape index (κ2) is 8.87. The molecule has 1 aromatic heterocycles. The van der Waals surface area contributed by atoms with Gasteiger partial charge in [0.05, 0.1) is 5.25 Å². The van der Waals surface area contributed by atoms with Crippen LogP contribution >= 0.6 is 27.7 Å². The topological polar surface area (TPSA) is 79.9 Å². The van der Waals surface area contributed by atoms with Crippen LogP contribution in [-0.2, 0) is 4.79 Å². The van der Waals surface area contributed by atoms with Gasteiger partial charge in [-0.25, -0.2) is 4.98 Å². The van der Waals surface area contributed by atoms with E-state index < -0.39 is 11.6 Å². The van der Waals surface area contributed by atoms with Crippen molar-refractivity contribution in [3.05, 3.63) is 53.0 Å². The molecule has 0 saturated heterocycles. The van der Waals surface area contributed by atoms with E-state index in [1.165, 1.54) is 12.1 Å². The number of nitrogens with one attached hydrogen (secondary N) is 2. The van der Waals surface area contributed by atoms with E-state index in [-0.39, 0.29) is 11.7 Å². The van der Waals surface area contributed by atoms with Crippen molar-refractivity contribution in [2.45, 2.75) is 23.7 Å². The summed E-state index contributed by atoms with van der Waals surface area (Å²) in [6.07, 6.45) is -4.76. The predicted octanol–water partition coefficient (Wildman–Crippen LogP) is 5.25. The van der Waals surface area contributed by atoms with Gasteiger partial charge in [0.25, 0.3) is 0 Å². The lowest BCUT2D eigenvalue weighted by Crippen LogP contribution is -2.22. The quantitative estimate of drug-likeness (QED) is 0.465. The van der Waals surface area contributed by atoms with Gasteiger partial charge in [-0.05, 0) is 37.3 Å². The van der Waals surface area contributed by atoms with Crippen LogP contribution in [0.5, 0.6) is 5.75 Å². The number of alkyl halides is 3. The van der Waals surface area contributed by atoms with Crippen molar-refractivity contribution in [3.63, 3.8) is 0 Å². The number of nitrogens with zero attached hydrogens (tertiary/aromatic N) is 2. The van der Waals surface area contributed by atoms with Gasteiger partial charge in [-0.15, -0.1) is 18.3 Å². The number of benzene rings is 2. The van der Waals surface area contributed by atoms with Gasteiger partial charge in [0.15, 0.2) is 5.82 Å². The van der Waals surface area contributed by atoms with Gasteiger partial charge >= 0.3 is 6.36 Å². The predicted molar refractivity (Wildman–Crippen MR) is 107 cm³/mol. The van der Waals surface area contributed by atoms with Crippen LogP contribution in [0.1, 0.15) is 6.92 Å². The molecule has 0 saturated carbocycles. The lowest BCUT2D eigenvalue weighted by atomic mass is 10.2. The van der Waals surface area contributed by atoms with Crippen LogP contribution in [0.4, 0.5) is 18.9 Å². The number of hydrogen-bond acceptors (Lipinski definition) is 5. The standard InChI is InChI=1S/C18H14BrF3N4O2S/c1-10(16(27)23-11-6-8-12(9-7-11)28-18(20,21)22)29-17-24-15(25-26-17)13-4-2-3-5-14(13)19/h2-10H,1H3,(H,23,27)(H,24,25,26). The highest BCUT2D eigenvalue weighted by Crippen LogP contribution is 2.28. The number of ether oxygens (including phenoxy) is 1. The maximum absolute atomic E-state index is 12.3. The molecule has 0 fully saturated rings. The van der Waals surface area contributed by atoms with Crippen LogP contribution in [0.2, 0.25) is 0 Å². The molecule has 0 bridgehead atoms. The molecule has 0 aliphatic rings. The molecule has 11 heteroatoms. The van der Waals surface area contributed by atoms with Crippen molar-refractivity contribution < 1.29 is 22.7 Å². The minimum absolute atomic E-state index is 0.341. The number of rotatable bonds is 6. The van der Waals surface area contributed by atoms with E-state index in [0.29, 0.717) is 16.7 Å². The number of carbonyl (C=O) groups is 1. The summed E-state index contributed by atoms with van der Waals surface area (Å²) in [5, 5.41) is 9.43. The molecule has 1 heterocycles. The average molecular weight is 487 g/mol. The fraction of sp³-hybridized carbons (Fsp3) is 0.167. The monoisotopic (exact) mass is 486 g/mol. The number of aromatic amines is 1. The van der Waals surface area contributed by atoms with E-state index >= 15 is 0 Å². The van der Waals surface area contributed by atoms with Crippen LogP contribution in [-0.4, -0.2) is 32.7 Å². The van der Waals surface area contributed by atoms with E-state index in [1.54, 1.807) is 6.92 Å². The Hall–Kier alpha value is -2.53. The zero-order valence-electron chi connectivity index (χ0n) is 14.8. The van der Waals surface area contributed by atoms with Gasteiger partial charge in [0.2, 0.25) is 11.1 Å². The van der Waals surface area contributed by atoms with Crippen LogP contribution < -0.4 is 10.1 Å². The lowest BCUT2D eigenvalue weighted by Gasteiger charge is -2.12. The number of carbonyl (C=O) groups excluding carboxylic acids is 1. The van der Waals surface area contributed by atoms with E-state index in [4.69, 9.17) is 0 Å². The third-order valence-corrected chi connectivity index (χ3v) is 5.25. The van der Waals surface area contributed by atoms with Gasteiger partial charge in [-0.1, -0.05) is 45.9 Å². The Labute approximate surface area is 176 Å². The highest BCUT2D eigenvalue weighted by molar-refractivity contribution is 9.10. The average Bonchev–Trinajstić information content (AvgIpc) is 3.10. The first kappa shape index (κ1) is 21.2. The smallest absolute Gasteiger partial charge is 0.406 e. The highest BCUT2D eigenvalue weighted by atomic mass is 79.9. The molecule has 152 valence electrons. The molecule has 2 aromatic carbocycles. The summed E-state index contributed by atoms with van der Waals surface area (Å²) in [6, 6.07) is 12.4. The van der Waals surface area contributed by atoms with Crippen molar-refractivity contribution >= 4 is 39.3 Å². The van der Waals surface area contributed by atoms with Gasteiger partial charge in [0, 0.05) is 15.7 Å². The summed E-state index contributed by atoms with van der Waals surface area (Å²) in [6.45, 7) is 1.68. The van der Waals surface area contributed by atoms with E-state index in [9.17, 15) is 18.0 Å². The lowest BCUT2D eigenvalue weighted by molar-refractivity contribution is -0.274. The van der Waals surface area contributed by atoms with Gasteiger partial charge in [-0.3, -0.25) is 9.89 Å². The molecule has 0 radical (unpaired) electrons. The van der Waals surface area contributed by atoms with Gasteiger partial charge in [0.1, 0.15) is 5.75 Å². The second-order valence-electron chi connectivity index (χ2n) is 5.77. The summed E-state index contributed by atoms with van der Waals surface area (Å²) in [5.41, 5.74) is 1.19. The fourth-order valence-electron chi connectivity index (χ4n) is 2.27. The maximum atomic E-state index is 12.3. The summed E-state index contributed by atoms with van der Waals surface area (Å²) < 4.78 is 41.2. The molecular formula is C18H14BrF3N4O2S. The van der Waals surface area contributed by atoms with Crippen LogP contribution in [0.25, 0.3) is 11.4 Å². The molecule has 1 unspecified atom stereocenters. The maximum Gasteiger partial charge on any atom is 0.573 e. The SMILES string of the molecule is CC(Sc1n[nH]c(-c2ccccc2Br)n1)C(=O)Nc1ccc(OC(F)(F)F)cc1. The van der Waals surface area contributed by atoms with Crippen molar-refractivity contribution in [2.75, 3.05) is 5.32 Å². The summed E-state index contributed by atoms with van der Waals surface area (Å²) in [4.78, 5) is 16.7. The number of thioether (sulfide) groups is 1. The minimum Gasteiger partial charge on any atom is -0.406 e. The highest BCUT2D eigenvalue weighted by Gasteiger charge is 2.31. The van der Waals surface area contributed by atoms with Gasteiger partial charge < -0.3 is 10.1 Å². The molecule has 3 rings (SSSR count). The van der Waals surface area contributed by atoms with Crippen molar-refractivity contribution in [2.24, 2.45) is 0 Å². The Balaban J connectivity index is 1.59. The molecule has 0 spiro atoms. The van der Waals surface area contributed by atoms with Crippen molar-refractivity contribution in [1.29, 1.82) is 0 Å². The molecule has 0 aliphatic carbocycles. The third kappa shape index (κ3) is 5.97. The van der Waals surface area contributed by atoms with E-state index in [0.717, 1.165) is 33.9 Å². The fourth-order valence-corrected chi connectivity index (χ4v) is 3.47. The van der Waals surface area contributed by atoms with Gasteiger partial charge in [-0.2, -0.15) is 0 Å². The number of amides is 1. The minimum atomic E-state index is -4.76. The zero-order chi connectivity index (χ0) is 21.0. The largest absolute Gasteiger partial charge is 0.573 e. The number of aromatic nitrogens is 3. The Morgan fingerprint density at radius 1 is 1.21 bits per heavy atom. The number of anilines is 1. The number of hydrogen-bond donors (Lipinski definition) is 2. The summed E-state index contributed by atoms with van der Waals surface area (Å²) in [7, 11) is 0. The Morgan fingerprint density at radius 2 is 1.90 bits per heavy atom. The van der Waals surface area contributed by atoms with Crippen molar-refractivity contribution in [3.8, 4) is 17.1 Å². The first-order valence-corrected chi connectivity index (χ1v) is 9.89.